The fraction of sp³-hybridized carbons (Fsp3) is 0.643. The molecule has 5 nitrogen and oxygen atoms in total. The lowest BCUT2D eigenvalue weighted by atomic mass is 9.87. The lowest BCUT2D eigenvalue weighted by Gasteiger charge is -2.28. The molecule has 1 aliphatic carbocycles. The van der Waals surface area contributed by atoms with Crippen molar-refractivity contribution in [2.45, 2.75) is 46.1 Å². The number of amides is 1. The van der Waals surface area contributed by atoms with Gasteiger partial charge in [-0.25, -0.2) is 0 Å². The maximum atomic E-state index is 11.6. The first-order chi connectivity index (χ1) is 9.03. The van der Waals surface area contributed by atoms with E-state index in [0.717, 1.165) is 12.2 Å². The van der Waals surface area contributed by atoms with Crippen LogP contribution in [0.5, 0.6) is 0 Å². The standard InChI is InChI=1S/C14H22N4O/c1-4-15-13(19)10-7-8-12(18-17-10)16-11-6-5-9-14(11,2)3/h7-8,11H,4-6,9H2,1-3H3,(H,15,19)(H,16,18). The monoisotopic (exact) mass is 262 g/mol. The number of hydrogen-bond donors (Lipinski definition) is 2. The van der Waals surface area contributed by atoms with Crippen LogP contribution >= 0.6 is 0 Å². The van der Waals surface area contributed by atoms with Crippen LogP contribution in [0.2, 0.25) is 0 Å². The molecule has 1 amide bonds. The molecule has 0 aromatic carbocycles. The summed E-state index contributed by atoms with van der Waals surface area (Å²) < 4.78 is 0. The van der Waals surface area contributed by atoms with E-state index < -0.39 is 0 Å². The molecule has 1 saturated carbocycles. The van der Waals surface area contributed by atoms with Crippen molar-refractivity contribution in [1.29, 1.82) is 0 Å². The van der Waals surface area contributed by atoms with Gasteiger partial charge in [-0.15, -0.1) is 10.2 Å². The van der Waals surface area contributed by atoms with Gasteiger partial charge in [-0.2, -0.15) is 0 Å². The van der Waals surface area contributed by atoms with Gasteiger partial charge in [0.05, 0.1) is 0 Å². The van der Waals surface area contributed by atoms with Crippen LogP contribution < -0.4 is 10.6 Å². The van der Waals surface area contributed by atoms with Crippen LogP contribution in [0.4, 0.5) is 5.82 Å². The summed E-state index contributed by atoms with van der Waals surface area (Å²) in [4.78, 5) is 11.6. The minimum Gasteiger partial charge on any atom is -0.365 e. The number of rotatable bonds is 4. The topological polar surface area (TPSA) is 66.9 Å². The summed E-state index contributed by atoms with van der Waals surface area (Å²) in [6, 6.07) is 3.96. The molecule has 2 N–H and O–H groups in total. The van der Waals surface area contributed by atoms with Crippen molar-refractivity contribution in [3.8, 4) is 0 Å². The summed E-state index contributed by atoms with van der Waals surface area (Å²) in [6.07, 6.45) is 3.64. The highest BCUT2D eigenvalue weighted by Crippen LogP contribution is 2.38. The van der Waals surface area contributed by atoms with Crippen molar-refractivity contribution in [2.24, 2.45) is 5.41 Å². The molecule has 0 radical (unpaired) electrons. The van der Waals surface area contributed by atoms with Crippen molar-refractivity contribution in [2.75, 3.05) is 11.9 Å². The van der Waals surface area contributed by atoms with Gasteiger partial charge in [-0.05, 0) is 37.3 Å². The van der Waals surface area contributed by atoms with Gasteiger partial charge in [0.25, 0.3) is 5.91 Å². The van der Waals surface area contributed by atoms with Gasteiger partial charge >= 0.3 is 0 Å². The van der Waals surface area contributed by atoms with Crippen LogP contribution in [0.15, 0.2) is 12.1 Å². The van der Waals surface area contributed by atoms with E-state index in [4.69, 9.17) is 0 Å². The van der Waals surface area contributed by atoms with Gasteiger partial charge in [-0.3, -0.25) is 4.79 Å². The third-order valence-corrected chi connectivity index (χ3v) is 3.81. The quantitative estimate of drug-likeness (QED) is 0.873. The van der Waals surface area contributed by atoms with Crippen LogP contribution in [0, 0.1) is 5.41 Å². The molecule has 5 heteroatoms. The van der Waals surface area contributed by atoms with Gasteiger partial charge in [0.1, 0.15) is 5.82 Å². The number of carbonyl (C=O) groups excluding carboxylic acids is 1. The SMILES string of the molecule is CCNC(=O)c1ccc(NC2CCCC2(C)C)nn1. The molecule has 1 atom stereocenters. The fourth-order valence-corrected chi connectivity index (χ4v) is 2.55. The Balaban J connectivity index is 2.01. The van der Waals surface area contributed by atoms with E-state index in [-0.39, 0.29) is 5.91 Å². The second kappa shape index (κ2) is 5.55. The van der Waals surface area contributed by atoms with Crippen molar-refractivity contribution in [1.82, 2.24) is 15.5 Å². The van der Waals surface area contributed by atoms with Crippen LogP contribution in [-0.4, -0.2) is 28.7 Å². The number of carbonyl (C=O) groups is 1. The van der Waals surface area contributed by atoms with Crippen LogP contribution in [0.1, 0.15) is 50.5 Å². The lowest BCUT2D eigenvalue weighted by molar-refractivity contribution is 0.0950. The lowest BCUT2D eigenvalue weighted by Crippen LogP contribution is -2.31. The number of nitrogens with zero attached hydrogens (tertiary/aromatic N) is 2. The Morgan fingerprint density at radius 2 is 2.21 bits per heavy atom. The van der Waals surface area contributed by atoms with Crippen LogP contribution in [0.25, 0.3) is 0 Å². The molecular weight excluding hydrogens is 240 g/mol. The second-order valence-electron chi connectivity index (χ2n) is 5.74. The first-order valence-corrected chi connectivity index (χ1v) is 6.91. The predicted octanol–water partition coefficient (Wildman–Crippen LogP) is 2.22. The molecule has 1 aromatic rings. The van der Waals surface area contributed by atoms with E-state index in [0.29, 0.717) is 23.7 Å². The molecule has 1 heterocycles. The molecular formula is C14H22N4O. The van der Waals surface area contributed by atoms with Gasteiger partial charge in [0, 0.05) is 12.6 Å². The van der Waals surface area contributed by atoms with Gasteiger partial charge in [0.2, 0.25) is 0 Å². The summed E-state index contributed by atoms with van der Waals surface area (Å²) in [5.41, 5.74) is 0.651. The molecule has 1 unspecified atom stereocenters. The van der Waals surface area contributed by atoms with Crippen molar-refractivity contribution in [3.05, 3.63) is 17.8 Å². The van der Waals surface area contributed by atoms with Crippen LogP contribution in [-0.2, 0) is 0 Å². The Hall–Kier alpha value is -1.65. The molecule has 2 rings (SSSR count). The molecule has 104 valence electrons. The highest BCUT2D eigenvalue weighted by Gasteiger charge is 2.34. The third kappa shape index (κ3) is 3.22. The highest BCUT2D eigenvalue weighted by molar-refractivity contribution is 5.92. The molecule has 19 heavy (non-hydrogen) atoms. The molecule has 1 aromatic heterocycles. The van der Waals surface area contributed by atoms with Gasteiger partial charge in [0.15, 0.2) is 5.69 Å². The average molecular weight is 262 g/mol. The van der Waals surface area contributed by atoms with Crippen molar-refractivity contribution in [3.63, 3.8) is 0 Å². The number of anilines is 1. The molecule has 0 bridgehead atoms. The Labute approximate surface area is 114 Å². The minimum atomic E-state index is -0.178. The number of hydrogen-bond acceptors (Lipinski definition) is 4. The number of nitrogens with one attached hydrogen (secondary N) is 2. The average Bonchev–Trinajstić information content (AvgIpc) is 2.70. The maximum Gasteiger partial charge on any atom is 0.271 e. The van der Waals surface area contributed by atoms with E-state index in [1.165, 1.54) is 12.8 Å². The molecule has 0 saturated heterocycles. The van der Waals surface area contributed by atoms with Gasteiger partial charge < -0.3 is 10.6 Å². The summed E-state index contributed by atoms with van der Waals surface area (Å²) in [5, 5.41) is 14.2. The second-order valence-corrected chi connectivity index (χ2v) is 5.74. The Morgan fingerprint density at radius 1 is 1.42 bits per heavy atom. The Morgan fingerprint density at radius 3 is 2.74 bits per heavy atom. The van der Waals surface area contributed by atoms with E-state index in [1.54, 1.807) is 6.07 Å². The largest absolute Gasteiger partial charge is 0.365 e. The van der Waals surface area contributed by atoms with Crippen molar-refractivity contribution < 1.29 is 4.79 Å². The number of aromatic nitrogens is 2. The van der Waals surface area contributed by atoms with Crippen LogP contribution in [0.3, 0.4) is 0 Å². The zero-order chi connectivity index (χ0) is 13.9. The first-order valence-electron chi connectivity index (χ1n) is 6.91. The van der Waals surface area contributed by atoms with E-state index in [9.17, 15) is 4.79 Å². The van der Waals surface area contributed by atoms with Crippen molar-refractivity contribution >= 4 is 11.7 Å². The zero-order valence-corrected chi connectivity index (χ0v) is 11.9. The normalized spacial score (nSPS) is 21.1. The summed E-state index contributed by atoms with van der Waals surface area (Å²) in [6.45, 7) is 7.02. The molecule has 1 fully saturated rings. The zero-order valence-electron chi connectivity index (χ0n) is 11.9. The van der Waals surface area contributed by atoms with E-state index in [2.05, 4.69) is 34.7 Å². The Kier molecular flexibility index (Phi) is 4.02. The molecule has 0 aliphatic heterocycles. The summed E-state index contributed by atoms with van der Waals surface area (Å²) >= 11 is 0. The molecule has 0 spiro atoms. The summed E-state index contributed by atoms with van der Waals surface area (Å²) in [5.74, 6) is 0.566. The highest BCUT2D eigenvalue weighted by atomic mass is 16.1. The first kappa shape index (κ1) is 13.8. The smallest absolute Gasteiger partial charge is 0.271 e. The van der Waals surface area contributed by atoms with E-state index >= 15 is 0 Å². The molecule has 1 aliphatic rings. The fourth-order valence-electron chi connectivity index (χ4n) is 2.55. The minimum absolute atomic E-state index is 0.178. The maximum absolute atomic E-state index is 11.6. The predicted molar refractivity (Wildman–Crippen MR) is 75.1 cm³/mol. The van der Waals surface area contributed by atoms with E-state index in [1.807, 2.05) is 13.0 Å². The Bertz CT molecular complexity index is 441. The summed E-state index contributed by atoms with van der Waals surface area (Å²) in [7, 11) is 0. The van der Waals surface area contributed by atoms with Gasteiger partial charge in [-0.1, -0.05) is 20.3 Å². The third-order valence-electron chi connectivity index (χ3n) is 3.81.